The highest BCUT2D eigenvalue weighted by molar-refractivity contribution is 7.16. The van der Waals surface area contributed by atoms with Crippen LogP contribution in [0.4, 0.5) is 0 Å². The molecular weight excluding hydrogens is 294 g/mol. The number of hydrogen-bond acceptors (Lipinski definition) is 5. The van der Waals surface area contributed by atoms with Crippen LogP contribution in [0, 0.1) is 0 Å². The number of ether oxygens (including phenoxy) is 1. The van der Waals surface area contributed by atoms with Crippen molar-refractivity contribution < 1.29 is 4.74 Å². The molecule has 0 aromatic carbocycles. The first-order valence-corrected chi connectivity index (χ1v) is 8.04. The third kappa shape index (κ3) is 3.67. The van der Waals surface area contributed by atoms with E-state index >= 15 is 0 Å². The zero-order valence-corrected chi connectivity index (χ0v) is 13.7. The summed E-state index contributed by atoms with van der Waals surface area (Å²) in [4.78, 5) is 12.3. The first-order valence-electron chi connectivity index (χ1n) is 6.78. The maximum atomic E-state index is 6.22. The Hall–Kier alpha value is -0.750. The van der Waals surface area contributed by atoms with E-state index in [1.54, 1.807) is 18.4 Å². The van der Waals surface area contributed by atoms with Crippen LogP contribution in [0.3, 0.4) is 0 Å². The Bertz CT molecular complexity index is 560. The summed E-state index contributed by atoms with van der Waals surface area (Å²) in [5, 5.41) is 3.47. The second-order valence-corrected chi connectivity index (χ2v) is 6.04. The van der Waals surface area contributed by atoms with Gasteiger partial charge in [0.25, 0.3) is 0 Å². The van der Waals surface area contributed by atoms with Gasteiger partial charge in [-0.1, -0.05) is 18.5 Å². The van der Waals surface area contributed by atoms with Gasteiger partial charge in [-0.05, 0) is 24.8 Å². The van der Waals surface area contributed by atoms with Gasteiger partial charge in [0, 0.05) is 25.1 Å². The van der Waals surface area contributed by atoms with Crippen molar-refractivity contribution in [1.29, 1.82) is 0 Å². The quantitative estimate of drug-likeness (QED) is 0.732. The second-order valence-electron chi connectivity index (χ2n) is 4.79. The standard InChI is InChI=1S/C14H20ClN3OS/c1-4-10(2)18(6-7-19-3)9-12-16-13(15)11-5-8-20-14(11)17-12/h5,8,10H,4,6-7,9H2,1-3H3. The van der Waals surface area contributed by atoms with Crippen molar-refractivity contribution in [3.8, 4) is 0 Å². The number of thiophene rings is 1. The lowest BCUT2D eigenvalue weighted by atomic mass is 10.2. The van der Waals surface area contributed by atoms with Gasteiger partial charge in [-0.15, -0.1) is 11.3 Å². The van der Waals surface area contributed by atoms with Gasteiger partial charge in [-0.25, -0.2) is 9.97 Å². The Morgan fingerprint density at radius 3 is 2.95 bits per heavy atom. The monoisotopic (exact) mass is 313 g/mol. The van der Waals surface area contributed by atoms with Crippen LogP contribution in [0.1, 0.15) is 26.1 Å². The molecule has 0 saturated heterocycles. The number of rotatable bonds is 7. The average molecular weight is 314 g/mol. The predicted molar refractivity (Wildman–Crippen MR) is 84.5 cm³/mol. The fraction of sp³-hybridized carbons (Fsp3) is 0.571. The molecule has 0 saturated carbocycles. The molecule has 0 bridgehead atoms. The van der Waals surface area contributed by atoms with Crippen LogP contribution < -0.4 is 0 Å². The number of fused-ring (bicyclic) bond motifs is 1. The molecule has 0 radical (unpaired) electrons. The molecule has 0 spiro atoms. The highest BCUT2D eigenvalue weighted by atomic mass is 35.5. The minimum atomic E-state index is 0.464. The highest BCUT2D eigenvalue weighted by Crippen LogP contribution is 2.25. The molecule has 0 aliphatic heterocycles. The van der Waals surface area contributed by atoms with Crippen LogP contribution in [-0.2, 0) is 11.3 Å². The molecule has 0 aliphatic carbocycles. The molecule has 0 amide bonds. The van der Waals surface area contributed by atoms with Crippen molar-refractivity contribution in [2.24, 2.45) is 0 Å². The van der Waals surface area contributed by atoms with Crippen LogP contribution >= 0.6 is 22.9 Å². The molecule has 2 aromatic heterocycles. The maximum Gasteiger partial charge on any atom is 0.145 e. The maximum absolute atomic E-state index is 6.22. The number of methoxy groups -OCH3 is 1. The summed E-state index contributed by atoms with van der Waals surface area (Å²) >= 11 is 7.81. The van der Waals surface area contributed by atoms with Crippen LogP contribution in [0.2, 0.25) is 5.15 Å². The Balaban J connectivity index is 2.18. The summed E-state index contributed by atoms with van der Waals surface area (Å²) in [5.41, 5.74) is 0. The van der Waals surface area contributed by atoms with E-state index in [-0.39, 0.29) is 0 Å². The Kier molecular flexibility index (Phi) is 5.72. The third-order valence-corrected chi connectivity index (χ3v) is 4.56. The molecular formula is C14H20ClN3OS. The van der Waals surface area contributed by atoms with Gasteiger partial charge in [-0.3, -0.25) is 4.90 Å². The molecule has 2 heterocycles. The van der Waals surface area contributed by atoms with Gasteiger partial charge in [0.05, 0.1) is 13.2 Å². The molecule has 110 valence electrons. The molecule has 6 heteroatoms. The summed E-state index contributed by atoms with van der Waals surface area (Å²) in [6, 6.07) is 2.43. The van der Waals surface area contributed by atoms with E-state index in [0.717, 1.165) is 29.0 Å². The van der Waals surface area contributed by atoms with E-state index in [1.807, 2.05) is 11.4 Å². The molecule has 0 fully saturated rings. The van der Waals surface area contributed by atoms with Crippen LogP contribution in [-0.4, -0.2) is 41.2 Å². The van der Waals surface area contributed by atoms with E-state index < -0.39 is 0 Å². The first-order chi connectivity index (χ1) is 9.65. The molecule has 2 aromatic rings. The van der Waals surface area contributed by atoms with Gasteiger partial charge < -0.3 is 4.74 Å². The second kappa shape index (κ2) is 7.31. The van der Waals surface area contributed by atoms with Crippen molar-refractivity contribution in [1.82, 2.24) is 14.9 Å². The predicted octanol–water partition coefficient (Wildman–Crippen LogP) is 3.59. The number of aromatic nitrogens is 2. The molecule has 2 rings (SSSR count). The van der Waals surface area contributed by atoms with Gasteiger partial charge in [0.1, 0.15) is 15.8 Å². The summed E-state index contributed by atoms with van der Waals surface area (Å²) in [6.07, 6.45) is 1.08. The molecule has 4 nitrogen and oxygen atoms in total. The highest BCUT2D eigenvalue weighted by Gasteiger charge is 2.15. The van der Waals surface area contributed by atoms with Crippen LogP contribution in [0.15, 0.2) is 11.4 Å². The van der Waals surface area contributed by atoms with Crippen molar-refractivity contribution in [3.63, 3.8) is 0 Å². The molecule has 0 N–H and O–H groups in total. The van der Waals surface area contributed by atoms with Gasteiger partial charge in [0.15, 0.2) is 0 Å². The number of halogens is 1. The molecule has 0 aliphatic rings. The Labute approximate surface area is 128 Å². The largest absolute Gasteiger partial charge is 0.383 e. The number of hydrogen-bond donors (Lipinski definition) is 0. The van der Waals surface area contributed by atoms with Crippen molar-refractivity contribution in [3.05, 3.63) is 22.4 Å². The van der Waals surface area contributed by atoms with Crippen molar-refractivity contribution >= 4 is 33.2 Å². The normalized spacial score (nSPS) is 13.2. The summed E-state index contributed by atoms with van der Waals surface area (Å²) < 4.78 is 5.18. The SMILES string of the molecule is CCC(C)N(CCOC)Cc1nc(Cl)c2ccsc2n1. The number of nitrogens with zero attached hydrogens (tertiary/aromatic N) is 3. The smallest absolute Gasteiger partial charge is 0.145 e. The van der Waals surface area contributed by atoms with E-state index in [4.69, 9.17) is 16.3 Å². The fourth-order valence-corrected chi connectivity index (χ4v) is 3.12. The molecule has 1 unspecified atom stereocenters. The summed E-state index contributed by atoms with van der Waals surface area (Å²) in [5.74, 6) is 0.779. The summed E-state index contributed by atoms with van der Waals surface area (Å²) in [7, 11) is 1.72. The minimum Gasteiger partial charge on any atom is -0.383 e. The summed E-state index contributed by atoms with van der Waals surface area (Å²) in [6.45, 7) is 6.67. The third-order valence-electron chi connectivity index (χ3n) is 3.47. The Morgan fingerprint density at radius 2 is 2.25 bits per heavy atom. The minimum absolute atomic E-state index is 0.464. The van der Waals surface area contributed by atoms with Crippen molar-refractivity contribution in [2.45, 2.75) is 32.9 Å². The lowest BCUT2D eigenvalue weighted by Gasteiger charge is -2.27. The van der Waals surface area contributed by atoms with E-state index in [1.165, 1.54) is 0 Å². The first kappa shape index (κ1) is 15.6. The molecule has 1 atom stereocenters. The average Bonchev–Trinajstić information content (AvgIpc) is 2.91. The topological polar surface area (TPSA) is 38.2 Å². The van der Waals surface area contributed by atoms with Crippen molar-refractivity contribution in [2.75, 3.05) is 20.3 Å². The van der Waals surface area contributed by atoms with Gasteiger partial charge in [0.2, 0.25) is 0 Å². The zero-order chi connectivity index (χ0) is 14.5. The van der Waals surface area contributed by atoms with E-state index in [2.05, 4.69) is 28.7 Å². The van der Waals surface area contributed by atoms with Crippen LogP contribution in [0.5, 0.6) is 0 Å². The van der Waals surface area contributed by atoms with E-state index in [9.17, 15) is 0 Å². The van der Waals surface area contributed by atoms with Crippen LogP contribution in [0.25, 0.3) is 10.2 Å². The Morgan fingerprint density at radius 1 is 1.45 bits per heavy atom. The molecule has 20 heavy (non-hydrogen) atoms. The fourth-order valence-electron chi connectivity index (χ4n) is 2.03. The van der Waals surface area contributed by atoms with Gasteiger partial charge in [-0.2, -0.15) is 0 Å². The lowest BCUT2D eigenvalue weighted by molar-refractivity contribution is 0.116. The van der Waals surface area contributed by atoms with E-state index in [0.29, 0.717) is 24.3 Å². The zero-order valence-electron chi connectivity index (χ0n) is 12.1. The van der Waals surface area contributed by atoms with Gasteiger partial charge >= 0.3 is 0 Å². The lowest BCUT2D eigenvalue weighted by Crippen LogP contribution is -2.35.